The van der Waals surface area contributed by atoms with Crippen LogP contribution in [0.25, 0.3) is 0 Å². The Morgan fingerprint density at radius 3 is 2.60 bits per heavy atom. The molecule has 0 aromatic carbocycles. The summed E-state index contributed by atoms with van der Waals surface area (Å²) in [6.07, 6.45) is 6.48. The van der Waals surface area contributed by atoms with Crippen molar-refractivity contribution in [2.24, 2.45) is 5.73 Å². The molecular weight excluding hydrogens is 188 g/mol. The van der Waals surface area contributed by atoms with Gasteiger partial charge in [-0.05, 0) is 19.3 Å². The van der Waals surface area contributed by atoms with Crippen molar-refractivity contribution in [3.8, 4) is 0 Å². The van der Waals surface area contributed by atoms with Gasteiger partial charge in [0.25, 0.3) is 0 Å². The van der Waals surface area contributed by atoms with Crippen LogP contribution in [0, 0.1) is 0 Å². The van der Waals surface area contributed by atoms with E-state index in [9.17, 15) is 0 Å². The number of methoxy groups -OCH3 is 1. The zero-order valence-electron chi connectivity index (χ0n) is 10.2. The second-order valence-corrected chi connectivity index (χ2v) is 4.64. The van der Waals surface area contributed by atoms with Gasteiger partial charge < -0.3 is 15.4 Å². The van der Waals surface area contributed by atoms with Gasteiger partial charge in [0.1, 0.15) is 0 Å². The molecule has 15 heavy (non-hydrogen) atoms. The molecular formula is C12H26N2O. The molecule has 1 fully saturated rings. The summed E-state index contributed by atoms with van der Waals surface area (Å²) >= 11 is 0. The first kappa shape index (κ1) is 12.9. The highest BCUT2D eigenvalue weighted by atomic mass is 16.5. The Balaban J connectivity index is 2.12. The number of piperidine rings is 1. The van der Waals surface area contributed by atoms with Gasteiger partial charge in [0.15, 0.2) is 0 Å². The number of ether oxygens (including phenoxy) is 1. The molecule has 0 amide bonds. The second-order valence-electron chi connectivity index (χ2n) is 4.64. The van der Waals surface area contributed by atoms with Crippen molar-refractivity contribution in [1.29, 1.82) is 0 Å². The van der Waals surface area contributed by atoms with Crippen LogP contribution in [0.2, 0.25) is 0 Å². The van der Waals surface area contributed by atoms with E-state index < -0.39 is 0 Å². The van der Waals surface area contributed by atoms with Gasteiger partial charge in [-0.15, -0.1) is 0 Å². The summed E-state index contributed by atoms with van der Waals surface area (Å²) < 4.78 is 5.35. The van der Waals surface area contributed by atoms with E-state index in [1.54, 1.807) is 0 Å². The van der Waals surface area contributed by atoms with Crippen molar-refractivity contribution < 1.29 is 4.74 Å². The fraction of sp³-hybridized carbons (Fsp3) is 1.00. The molecule has 1 aliphatic heterocycles. The fourth-order valence-electron chi connectivity index (χ4n) is 2.22. The summed E-state index contributed by atoms with van der Waals surface area (Å²) in [5.41, 5.74) is 6.08. The molecule has 1 unspecified atom stereocenters. The molecule has 1 saturated heterocycles. The zero-order valence-corrected chi connectivity index (χ0v) is 10.2. The maximum atomic E-state index is 6.08. The van der Waals surface area contributed by atoms with Crippen molar-refractivity contribution in [2.75, 3.05) is 26.7 Å². The number of nitrogens with two attached hydrogens (primary N) is 1. The van der Waals surface area contributed by atoms with Crippen LogP contribution in [-0.2, 0) is 4.74 Å². The number of rotatable bonds is 6. The molecule has 1 atom stereocenters. The Hall–Kier alpha value is -0.120. The molecule has 0 spiro atoms. The highest BCUT2D eigenvalue weighted by Gasteiger charge is 2.19. The lowest BCUT2D eigenvalue weighted by atomic mass is 10.1. The molecule has 0 bridgehead atoms. The Labute approximate surface area is 94.0 Å². The third kappa shape index (κ3) is 4.96. The molecule has 3 nitrogen and oxygen atoms in total. The van der Waals surface area contributed by atoms with E-state index in [-0.39, 0.29) is 0 Å². The third-order valence-electron chi connectivity index (χ3n) is 3.29. The first-order chi connectivity index (χ1) is 7.26. The quantitative estimate of drug-likeness (QED) is 0.730. The van der Waals surface area contributed by atoms with E-state index >= 15 is 0 Å². The van der Waals surface area contributed by atoms with Gasteiger partial charge in [-0.25, -0.2) is 0 Å². The molecule has 3 heteroatoms. The summed E-state index contributed by atoms with van der Waals surface area (Å²) in [4.78, 5) is 2.48. The first-order valence-electron chi connectivity index (χ1n) is 6.27. The molecule has 0 aromatic rings. The first-order valence-corrected chi connectivity index (χ1v) is 6.27. The molecule has 90 valence electrons. The van der Waals surface area contributed by atoms with Gasteiger partial charge in [0, 0.05) is 32.8 Å². The van der Waals surface area contributed by atoms with E-state index in [1.807, 2.05) is 7.11 Å². The molecule has 0 aromatic heterocycles. The van der Waals surface area contributed by atoms with Gasteiger partial charge in [-0.3, -0.25) is 0 Å². The van der Waals surface area contributed by atoms with E-state index in [0.717, 1.165) is 32.5 Å². The molecule has 1 aliphatic rings. The minimum atomic E-state index is 0.365. The lowest BCUT2D eigenvalue weighted by molar-refractivity contribution is 0.0392. The van der Waals surface area contributed by atoms with Crippen molar-refractivity contribution >= 4 is 0 Å². The maximum absolute atomic E-state index is 6.08. The molecule has 1 heterocycles. The van der Waals surface area contributed by atoms with E-state index in [0.29, 0.717) is 12.1 Å². The van der Waals surface area contributed by atoms with Crippen molar-refractivity contribution in [1.82, 2.24) is 4.90 Å². The smallest absolute Gasteiger partial charge is 0.0595 e. The predicted molar refractivity (Wildman–Crippen MR) is 64.0 cm³/mol. The average molecular weight is 214 g/mol. The van der Waals surface area contributed by atoms with Gasteiger partial charge in [0.05, 0.1) is 6.10 Å². The van der Waals surface area contributed by atoms with Crippen molar-refractivity contribution in [3.63, 3.8) is 0 Å². The number of unbranched alkanes of at least 4 members (excludes halogenated alkanes) is 1. The standard InChI is InChI=1S/C12H26N2O/c1-3-4-5-11(13)10-14-8-6-12(15-2)7-9-14/h11-12H,3-10,13H2,1-2H3. The maximum Gasteiger partial charge on any atom is 0.0595 e. The second kappa shape index (κ2) is 7.20. The Kier molecular flexibility index (Phi) is 6.22. The summed E-state index contributed by atoms with van der Waals surface area (Å²) in [6, 6.07) is 0.365. The SMILES string of the molecule is CCCCC(N)CN1CCC(OC)CC1. The lowest BCUT2D eigenvalue weighted by Gasteiger charge is -2.32. The molecule has 0 radical (unpaired) electrons. The zero-order chi connectivity index (χ0) is 11.1. The largest absolute Gasteiger partial charge is 0.381 e. The van der Waals surface area contributed by atoms with Gasteiger partial charge in [-0.2, -0.15) is 0 Å². The summed E-state index contributed by atoms with van der Waals surface area (Å²) in [5.74, 6) is 0. The fourth-order valence-corrected chi connectivity index (χ4v) is 2.22. The van der Waals surface area contributed by atoms with Gasteiger partial charge in [-0.1, -0.05) is 19.8 Å². The van der Waals surface area contributed by atoms with E-state index in [1.165, 1.54) is 19.3 Å². The van der Waals surface area contributed by atoms with Crippen LogP contribution >= 0.6 is 0 Å². The number of hydrogen-bond acceptors (Lipinski definition) is 3. The molecule has 0 saturated carbocycles. The minimum Gasteiger partial charge on any atom is -0.381 e. The third-order valence-corrected chi connectivity index (χ3v) is 3.29. The lowest BCUT2D eigenvalue weighted by Crippen LogP contribution is -2.43. The predicted octanol–water partition coefficient (Wildman–Crippen LogP) is 1.61. The highest BCUT2D eigenvalue weighted by molar-refractivity contribution is 4.75. The molecule has 2 N–H and O–H groups in total. The van der Waals surface area contributed by atoms with Crippen LogP contribution in [0.3, 0.4) is 0 Å². The topological polar surface area (TPSA) is 38.5 Å². The summed E-state index contributed by atoms with van der Waals surface area (Å²) in [6.45, 7) is 5.59. The monoisotopic (exact) mass is 214 g/mol. The number of likely N-dealkylation sites (tertiary alicyclic amines) is 1. The van der Waals surface area contributed by atoms with Crippen LogP contribution < -0.4 is 5.73 Å². The van der Waals surface area contributed by atoms with Crippen molar-refractivity contribution in [3.05, 3.63) is 0 Å². The van der Waals surface area contributed by atoms with Crippen LogP contribution in [0.5, 0.6) is 0 Å². The normalized spacial score (nSPS) is 21.8. The van der Waals surface area contributed by atoms with Gasteiger partial charge in [0.2, 0.25) is 0 Å². The Morgan fingerprint density at radius 2 is 2.07 bits per heavy atom. The number of hydrogen-bond donors (Lipinski definition) is 1. The summed E-state index contributed by atoms with van der Waals surface area (Å²) in [5, 5.41) is 0. The van der Waals surface area contributed by atoms with Crippen molar-refractivity contribution in [2.45, 2.75) is 51.2 Å². The number of nitrogens with zero attached hydrogens (tertiary/aromatic N) is 1. The van der Waals surface area contributed by atoms with E-state index in [4.69, 9.17) is 10.5 Å². The Bertz CT molecular complexity index is 156. The Morgan fingerprint density at radius 1 is 1.40 bits per heavy atom. The highest BCUT2D eigenvalue weighted by Crippen LogP contribution is 2.13. The van der Waals surface area contributed by atoms with Crippen LogP contribution in [0.15, 0.2) is 0 Å². The summed E-state index contributed by atoms with van der Waals surface area (Å²) in [7, 11) is 1.81. The van der Waals surface area contributed by atoms with Crippen LogP contribution in [-0.4, -0.2) is 43.8 Å². The van der Waals surface area contributed by atoms with Crippen LogP contribution in [0.4, 0.5) is 0 Å². The van der Waals surface area contributed by atoms with E-state index in [2.05, 4.69) is 11.8 Å². The molecule has 0 aliphatic carbocycles. The van der Waals surface area contributed by atoms with Crippen LogP contribution in [0.1, 0.15) is 39.0 Å². The molecule has 1 rings (SSSR count). The van der Waals surface area contributed by atoms with Gasteiger partial charge >= 0.3 is 0 Å². The average Bonchev–Trinajstić information content (AvgIpc) is 2.27. The minimum absolute atomic E-state index is 0.365.